The Balaban J connectivity index is 1.60. The van der Waals surface area contributed by atoms with E-state index in [-0.39, 0.29) is 5.92 Å². The zero-order valence-electron chi connectivity index (χ0n) is 26.4. The number of aromatic nitrogens is 2. The third kappa shape index (κ3) is 5.49. The van der Waals surface area contributed by atoms with Crippen LogP contribution in [0.2, 0.25) is 0 Å². The minimum Gasteiger partial charge on any atom is -0.382 e. The third-order valence-corrected chi connectivity index (χ3v) is 8.72. The summed E-state index contributed by atoms with van der Waals surface area (Å²) < 4.78 is 0. The van der Waals surface area contributed by atoms with Crippen molar-refractivity contribution in [1.29, 1.82) is 0 Å². The Labute approximate surface area is 250 Å². The molecule has 2 atom stereocenters. The van der Waals surface area contributed by atoms with Gasteiger partial charge in [-0.15, -0.1) is 0 Å². The lowest BCUT2D eigenvalue weighted by Crippen LogP contribution is -2.11. The minimum absolute atomic E-state index is 0.132. The second kappa shape index (κ2) is 11.4. The highest BCUT2D eigenvalue weighted by molar-refractivity contribution is 5.50. The standard InChI is InChI=1S/C38H44N2O2/c1-20-14-23(4)33(24(5)15-20)36(29-10-12-31(39-29)37(41)34-25(6)16-21(2)17-26(34)7)30-11-13-32(40-30)38(42)35-27(8)18-22(3)19-28(35)9/h10-19,36-42H,1-9H3. The summed E-state index contributed by atoms with van der Waals surface area (Å²) in [6.45, 7) is 18.9. The molecular formula is C38H44N2O2. The predicted molar refractivity (Wildman–Crippen MR) is 173 cm³/mol. The van der Waals surface area contributed by atoms with Gasteiger partial charge >= 0.3 is 0 Å². The first-order chi connectivity index (χ1) is 19.8. The van der Waals surface area contributed by atoms with Gasteiger partial charge in [0.05, 0.1) is 5.92 Å². The average Bonchev–Trinajstić information content (AvgIpc) is 3.55. The van der Waals surface area contributed by atoms with Gasteiger partial charge in [-0.2, -0.15) is 0 Å². The van der Waals surface area contributed by atoms with Gasteiger partial charge in [-0.3, -0.25) is 0 Å². The van der Waals surface area contributed by atoms with E-state index in [2.05, 4.69) is 121 Å². The van der Waals surface area contributed by atoms with E-state index in [9.17, 15) is 10.2 Å². The zero-order chi connectivity index (χ0) is 30.5. The smallest absolute Gasteiger partial charge is 0.119 e. The van der Waals surface area contributed by atoms with Gasteiger partial charge in [0.25, 0.3) is 0 Å². The van der Waals surface area contributed by atoms with Crippen molar-refractivity contribution in [1.82, 2.24) is 9.97 Å². The van der Waals surface area contributed by atoms with Crippen molar-refractivity contribution in [3.63, 3.8) is 0 Å². The minimum atomic E-state index is -0.756. The summed E-state index contributed by atoms with van der Waals surface area (Å²) in [6.07, 6.45) is -1.51. The van der Waals surface area contributed by atoms with Gasteiger partial charge in [-0.05, 0) is 137 Å². The van der Waals surface area contributed by atoms with Crippen LogP contribution in [0.4, 0.5) is 0 Å². The van der Waals surface area contributed by atoms with Crippen LogP contribution in [0.25, 0.3) is 0 Å². The van der Waals surface area contributed by atoms with E-state index in [1.165, 1.54) is 33.4 Å². The first-order valence-electron chi connectivity index (χ1n) is 14.8. The molecule has 5 aromatic rings. The van der Waals surface area contributed by atoms with Crippen LogP contribution in [0.3, 0.4) is 0 Å². The van der Waals surface area contributed by atoms with Gasteiger partial charge in [0.2, 0.25) is 0 Å². The number of aliphatic hydroxyl groups is 2. The maximum atomic E-state index is 11.5. The SMILES string of the molecule is Cc1cc(C)c(C(O)c2ccc(C(c3ccc(C(O)c4c(C)cc(C)cc4C)[nH]3)c3c(C)cc(C)cc3C)[nH]2)c(C)c1. The number of rotatable bonds is 7. The van der Waals surface area contributed by atoms with Crippen LogP contribution < -0.4 is 0 Å². The van der Waals surface area contributed by atoms with E-state index in [1.807, 2.05) is 12.1 Å². The van der Waals surface area contributed by atoms with E-state index < -0.39 is 12.2 Å². The van der Waals surface area contributed by atoms with E-state index in [0.29, 0.717) is 0 Å². The summed E-state index contributed by atoms with van der Waals surface area (Å²) in [5.41, 5.74) is 17.0. The number of aromatic amines is 2. The van der Waals surface area contributed by atoms with Gasteiger partial charge in [0, 0.05) is 22.8 Å². The number of benzene rings is 3. The van der Waals surface area contributed by atoms with Crippen LogP contribution in [-0.2, 0) is 0 Å². The molecule has 4 heteroatoms. The highest BCUT2D eigenvalue weighted by Gasteiger charge is 2.27. The van der Waals surface area contributed by atoms with Crippen molar-refractivity contribution in [2.75, 3.05) is 0 Å². The number of H-pyrrole nitrogens is 2. The van der Waals surface area contributed by atoms with Crippen LogP contribution in [0.1, 0.15) is 108 Å². The Kier molecular flexibility index (Phi) is 8.06. The van der Waals surface area contributed by atoms with Crippen molar-refractivity contribution >= 4 is 0 Å². The molecule has 0 saturated carbocycles. The van der Waals surface area contributed by atoms with Crippen LogP contribution >= 0.6 is 0 Å². The summed E-state index contributed by atoms with van der Waals surface area (Å²) in [7, 11) is 0. The van der Waals surface area contributed by atoms with Gasteiger partial charge in [0.1, 0.15) is 12.2 Å². The molecule has 5 rings (SSSR count). The van der Waals surface area contributed by atoms with Crippen molar-refractivity contribution < 1.29 is 10.2 Å². The highest BCUT2D eigenvalue weighted by atomic mass is 16.3. The van der Waals surface area contributed by atoms with E-state index in [1.54, 1.807) is 0 Å². The number of aliphatic hydroxyl groups excluding tert-OH is 2. The summed E-state index contributed by atoms with van der Waals surface area (Å²) in [5, 5.41) is 23.1. The van der Waals surface area contributed by atoms with E-state index >= 15 is 0 Å². The Hall–Kier alpha value is -3.86. The monoisotopic (exact) mass is 560 g/mol. The number of nitrogens with one attached hydrogen (secondary N) is 2. The number of aryl methyl sites for hydroxylation is 9. The Morgan fingerprint density at radius 2 is 0.667 bits per heavy atom. The summed E-state index contributed by atoms with van der Waals surface area (Å²) in [6, 6.07) is 21.1. The van der Waals surface area contributed by atoms with Crippen LogP contribution in [0.15, 0.2) is 60.7 Å². The van der Waals surface area contributed by atoms with Crippen LogP contribution in [0, 0.1) is 62.3 Å². The van der Waals surface area contributed by atoms with Crippen LogP contribution in [0.5, 0.6) is 0 Å². The Morgan fingerprint density at radius 1 is 0.405 bits per heavy atom. The van der Waals surface area contributed by atoms with Gasteiger partial charge in [-0.1, -0.05) is 53.1 Å². The van der Waals surface area contributed by atoms with Gasteiger partial charge in [-0.25, -0.2) is 0 Å². The maximum Gasteiger partial charge on any atom is 0.119 e. The fourth-order valence-electron chi connectivity index (χ4n) is 7.20. The molecule has 4 N–H and O–H groups in total. The second-order valence-corrected chi connectivity index (χ2v) is 12.4. The molecule has 0 aliphatic carbocycles. The normalized spacial score (nSPS) is 13.8. The molecule has 2 aromatic heterocycles. The molecule has 0 spiro atoms. The molecule has 3 aromatic carbocycles. The van der Waals surface area contributed by atoms with E-state index in [4.69, 9.17) is 0 Å². The molecule has 2 heterocycles. The van der Waals surface area contributed by atoms with Crippen molar-refractivity contribution in [3.8, 4) is 0 Å². The first kappa shape index (κ1) is 29.6. The van der Waals surface area contributed by atoms with Crippen molar-refractivity contribution in [2.45, 2.75) is 80.4 Å². The number of hydrogen-bond donors (Lipinski definition) is 4. The van der Waals surface area contributed by atoms with Gasteiger partial charge in [0.15, 0.2) is 0 Å². The molecule has 0 fully saturated rings. The molecule has 0 amide bonds. The molecule has 0 saturated heterocycles. The molecule has 0 radical (unpaired) electrons. The summed E-state index contributed by atoms with van der Waals surface area (Å²) in [4.78, 5) is 7.22. The quantitative estimate of drug-likeness (QED) is 0.161. The second-order valence-electron chi connectivity index (χ2n) is 12.4. The molecule has 0 aliphatic heterocycles. The lowest BCUT2D eigenvalue weighted by Gasteiger charge is -2.22. The number of hydrogen-bond acceptors (Lipinski definition) is 2. The largest absolute Gasteiger partial charge is 0.382 e. The zero-order valence-corrected chi connectivity index (χ0v) is 26.4. The topological polar surface area (TPSA) is 72.0 Å². The lowest BCUT2D eigenvalue weighted by molar-refractivity contribution is 0.214. The fraction of sp³-hybridized carbons (Fsp3) is 0.316. The molecule has 218 valence electrons. The van der Waals surface area contributed by atoms with Crippen LogP contribution in [-0.4, -0.2) is 20.2 Å². The molecule has 0 aliphatic rings. The summed E-state index contributed by atoms with van der Waals surface area (Å²) in [5.74, 6) is -0.132. The van der Waals surface area contributed by atoms with E-state index in [0.717, 1.165) is 56.2 Å². The van der Waals surface area contributed by atoms with Crippen molar-refractivity contribution in [3.05, 3.63) is 150 Å². The summed E-state index contributed by atoms with van der Waals surface area (Å²) >= 11 is 0. The fourth-order valence-corrected chi connectivity index (χ4v) is 7.20. The van der Waals surface area contributed by atoms with Crippen molar-refractivity contribution in [2.24, 2.45) is 0 Å². The molecular weight excluding hydrogens is 516 g/mol. The molecule has 42 heavy (non-hydrogen) atoms. The molecule has 2 unspecified atom stereocenters. The predicted octanol–water partition coefficient (Wildman–Crippen LogP) is 8.46. The Bertz CT molecular complexity index is 1600. The molecule has 4 nitrogen and oxygen atoms in total. The Morgan fingerprint density at radius 3 is 0.976 bits per heavy atom. The highest BCUT2D eigenvalue weighted by Crippen LogP contribution is 2.38. The first-order valence-corrected chi connectivity index (χ1v) is 14.8. The molecule has 0 bridgehead atoms. The maximum absolute atomic E-state index is 11.5. The average molecular weight is 561 g/mol. The van der Waals surface area contributed by atoms with Gasteiger partial charge < -0.3 is 20.2 Å². The lowest BCUT2D eigenvalue weighted by atomic mass is 9.85. The third-order valence-electron chi connectivity index (χ3n) is 8.72.